The number of β-amino-alcohol motifs (C(OH)–C–C–N with tert-alkyl or cyclic N) is 1. The Balaban J connectivity index is 1.89. The van der Waals surface area contributed by atoms with Gasteiger partial charge in [0.2, 0.25) is 0 Å². The van der Waals surface area contributed by atoms with Gasteiger partial charge in [0, 0.05) is 26.2 Å². The van der Waals surface area contributed by atoms with Crippen LogP contribution in [0.1, 0.15) is 45.4 Å². The van der Waals surface area contributed by atoms with E-state index in [0.29, 0.717) is 5.41 Å². The van der Waals surface area contributed by atoms with Crippen LogP contribution in [0.15, 0.2) is 0 Å². The van der Waals surface area contributed by atoms with Crippen molar-refractivity contribution in [2.75, 3.05) is 32.7 Å². The Labute approximate surface area is 106 Å². The number of likely N-dealkylation sites (tertiary alicyclic amines) is 1. The molecule has 2 aliphatic rings. The quantitative estimate of drug-likeness (QED) is 0.766. The number of hydrogen-bond donors (Lipinski definition) is 2. The van der Waals surface area contributed by atoms with E-state index in [9.17, 15) is 5.11 Å². The fourth-order valence-corrected chi connectivity index (χ4v) is 3.51. The number of nitrogens with one attached hydrogen (secondary N) is 1. The molecule has 1 saturated carbocycles. The van der Waals surface area contributed by atoms with Crippen molar-refractivity contribution in [3.8, 4) is 0 Å². The lowest BCUT2D eigenvalue weighted by Crippen LogP contribution is -2.45. The van der Waals surface area contributed by atoms with Gasteiger partial charge in [-0.05, 0) is 31.2 Å². The van der Waals surface area contributed by atoms with Crippen molar-refractivity contribution in [2.24, 2.45) is 5.41 Å². The van der Waals surface area contributed by atoms with Crippen molar-refractivity contribution in [3.63, 3.8) is 0 Å². The second-order valence-electron chi connectivity index (χ2n) is 6.02. The van der Waals surface area contributed by atoms with E-state index >= 15 is 0 Å². The molecule has 0 aromatic rings. The van der Waals surface area contributed by atoms with Gasteiger partial charge in [0.15, 0.2) is 0 Å². The van der Waals surface area contributed by atoms with Crippen LogP contribution < -0.4 is 5.32 Å². The molecule has 1 atom stereocenters. The third-order valence-electron chi connectivity index (χ3n) is 4.47. The van der Waals surface area contributed by atoms with Crippen LogP contribution in [0.25, 0.3) is 0 Å². The molecule has 0 bridgehead atoms. The first-order chi connectivity index (χ1) is 8.24. The molecule has 3 nitrogen and oxygen atoms in total. The Morgan fingerprint density at radius 1 is 1.29 bits per heavy atom. The van der Waals surface area contributed by atoms with Gasteiger partial charge in [0.25, 0.3) is 0 Å². The van der Waals surface area contributed by atoms with Crippen LogP contribution in [0.2, 0.25) is 0 Å². The summed E-state index contributed by atoms with van der Waals surface area (Å²) in [5.41, 5.74) is 0.484. The molecule has 1 saturated heterocycles. The van der Waals surface area contributed by atoms with Gasteiger partial charge in [-0.25, -0.2) is 0 Å². The maximum atomic E-state index is 9.63. The molecule has 2 fully saturated rings. The number of aliphatic hydroxyl groups is 1. The zero-order chi connectivity index (χ0) is 12.1. The molecule has 1 heterocycles. The van der Waals surface area contributed by atoms with E-state index in [1.54, 1.807) is 0 Å². The Morgan fingerprint density at radius 2 is 2.06 bits per heavy atom. The third kappa shape index (κ3) is 3.67. The van der Waals surface area contributed by atoms with E-state index in [1.807, 2.05) is 0 Å². The average Bonchev–Trinajstić information content (AvgIpc) is 2.73. The fourth-order valence-electron chi connectivity index (χ4n) is 3.51. The topological polar surface area (TPSA) is 35.5 Å². The Bertz CT molecular complexity index is 226. The molecule has 0 aromatic carbocycles. The van der Waals surface area contributed by atoms with Crippen molar-refractivity contribution in [2.45, 2.75) is 51.6 Å². The van der Waals surface area contributed by atoms with E-state index in [-0.39, 0.29) is 6.10 Å². The summed E-state index contributed by atoms with van der Waals surface area (Å²) in [4.78, 5) is 2.48. The summed E-state index contributed by atoms with van der Waals surface area (Å²) < 4.78 is 0. The molecular formula is C14H28N2O. The number of hydrogen-bond acceptors (Lipinski definition) is 3. The van der Waals surface area contributed by atoms with Gasteiger partial charge in [-0.1, -0.05) is 26.2 Å². The highest BCUT2D eigenvalue weighted by atomic mass is 16.3. The molecule has 2 rings (SSSR count). The van der Waals surface area contributed by atoms with Crippen LogP contribution in [0.4, 0.5) is 0 Å². The lowest BCUT2D eigenvalue weighted by Gasteiger charge is -2.40. The molecule has 100 valence electrons. The largest absolute Gasteiger partial charge is 0.392 e. The molecule has 0 spiro atoms. The zero-order valence-electron chi connectivity index (χ0n) is 11.2. The minimum Gasteiger partial charge on any atom is -0.392 e. The summed E-state index contributed by atoms with van der Waals surface area (Å²) in [5, 5.41) is 13.2. The molecule has 2 N–H and O–H groups in total. The Morgan fingerprint density at radius 3 is 2.65 bits per heavy atom. The summed E-state index contributed by atoms with van der Waals surface area (Å²) in [5.74, 6) is 0. The number of rotatable bonds is 5. The van der Waals surface area contributed by atoms with Gasteiger partial charge >= 0.3 is 0 Å². The van der Waals surface area contributed by atoms with E-state index in [4.69, 9.17) is 0 Å². The minimum atomic E-state index is -0.0743. The molecule has 3 heteroatoms. The highest BCUT2D eigenvalue weighted by Crippen LogP contribution is 2.37. The van der Waals surface area contributed by atoms with Crippen molar-refractivity contribution in [1.82, 2.24) is 10.2 Å². The second-order valence-corrected chi connectivity index (χ2v) is 6.02. The molecule has 1 aliphatic carbocycles. The summed E-state index contributed by atoms with van der Waals surface area (Å²) >= 11 is 0. The first kappa shape index (κ1) is 13.3. The summed E-state index contributed by atoms with van der Waals surface area (Å²) in [6.07, 6.45) is 7.83. The van der Waals surface area contributed by atoms with Gasteiger partial charge in [-0.2, -0.15) is 0 Å². The van der Waals surface area contributed by atoms with E-state index < -0.39 is 0 Å². The van der Waals surface area contributed by atoms with Crippen LogP contribution in [0.3, 0.4) is 0 Å². The highest BCUT2D eigenvalue weighted by Gasteiger charge is 2.35. The Kier molecular flexibility index (Phi) is 4.83. The fraction of sp³-hybridized carbons (Fsp3) is 1.00. The highest BCUT2D eigenvalue weighted by molar-refractivity contribution is 4.89. The van der Waals surface area contributed by atoms with E-state index in [1.165, 1.54) is 38.6 Å². The predicted octanol–water partition coefficient (Wildman–Crippen LogP) is 1.61. The van der Waals surface area contributed by atoms with Crippen LogP contribution >= 0.6 is 0 Å². The molecule has 0 aromatic heterocycles. The summed E-state index contributed by atoms with van der Waals surface area (Å²) in [7, 11) is 0. The molecule has 0 amide bonds. The van der Waals surface area contributed by atoms with Gasteiger partial charge in [0.05, 0.1) is 6.10 Å². The average molecular weight is 240 g/mol. The lowest BCUT2D eigenvalue weighted by atomic mass is 9.73. The standard InChI is InChI=1S/C14H28N2O/c1-2-15-11-14(7-4-3-5-8-14)12-16-9-6-13(17)10-16/h13,15,17H,2-12H2,1H3. The smallest absolute Gasteiger partial charge is 0.0679 e. The van der Waals surface area contributed by atoms with E-state index in [0.717, 1.165) is 32.6 Å². The molecule has 0 radical (unpaired) electrons. The maximum Gasteiger partial charge on any atom is 0.0679 e. The van der Waals surface area contributed by atoms with E-state index in [2.05, 4.69) is 17.1 Å². The maximum absolute atomic E-state index is 9.63. The molecule has 1 aliphatic heterocycles. The molecule has 1 unspecified atom stereocenters. The van der Waals surface area contributed by atoms with Gasteiger partial charge in [-0.15, -0.1) is 0 Å². The summed E-state index contributed by atoms with van der Waals surface area (Å²) in [6.45, 7) is 7.61. The normalized spacial score (nSPS) is 29.6. The van der Waals surface area contributed by atoms with Gasteiger partial charge < -0.3 is 15.3 Å². The van der Waals surface area contributed by atoms with Crippen LogP contribution in [-0.4, -0.2) is 48.8 Å². The van der Waals surface area contributed by atoms with Crippen LogP contribution in [-0.2, 0) is 0 Å². The Hall–Kier alpha value is -0.120. The lowest BCUT2D eigenvalue weighted by molar-refractivity contribution is 0.104. The van der Waals surface area contributed by atoms with Crippen LogP contribution in [0, 0.1) is 5.41 Å². The SMILES string of the molecule is CCNCC1(CN2CCC(O)C2)CCCCC1. The number of nitrogens with zero attached hydrogens (tertiary/aromatic N) is 1. The van der Waals surface area contributed by atoms with Crippen molar-refractivity contribution >= 4 is 0 Å². The van der Waals surface area contributed by atoms with Gasteiger partial charge in [0.1, 0.15) is 0 Å². The van der Waals surface area contributed by atoms with Crippen molar-refractivity contribution < 1.29 is 5.11 Å². The first-order valence-electron chi connectivity index (χ1n) is 7.35. The van der Waals surface area contributed by atoms with Crippen molar-refractivity contribution in [3.05, 3.63) is 0 Å². The monoisotopic (exact) mass is 240 g/mol. The van der Waals surface area contributed by atoms with Gasteiger partial charge in [-0.3, -0.25) is 0 Å². The first-order valence-corrected chi connectivity index (χ1v) is 7.35. The second kappa shape index (κ2) is 6.17. The summed E-state index contributed by atoms with van der Waals surface area (Å²) in [6, 6.07) is 0. The number of aliphatic hydroxyl groups excluding tert-OH is 1. The molecule has 17 heavy (non-hydrogen) atoms. The third-order valence-corrected chi connectivity index (χ3v) is 4.47. The van der Waals surface area contributed by atoms with Crippen molar-refractivity contribution in [1.29, 1.82) is 0 Å². The minimum absolute atomic E-state index is 0.0743. The van der Waals surface area contributed by atoms with Crippen LogP contribution in [0.5, 0.6) is 0 Å². The molecular weight excluding hydrogens is 212 g/mol. The predicted molar refractivity (Wildman–Crippen MR) is 71.1 cm³/mol. The zero-order valence-corrected chi connectivity index (χ0v) is 11.2.